The van der Waals surface area contributed by atoms with E-state index in [4.69, 9.17) is 4.52 Å². The number of nitrogens with zero attached hydrogens (tertiary/aromatic N) is 1. The molecule has 0 atom stereocenters. The van der Waals surface area contributed by atoms with Crippen LogP contribution in [0.3, 0.4) is 0 Å². The lowest BCUT2D eigenvalue weighted by Crippen LogP contribution is -2.22. The molecule has 0 unspecified atom stereocenters. The van der Waals surface area contributed by atoms with Crippen LogP contribution >= 0.6 is 0 Å². The number of aryl methyl sites for hydroxylation is 1. The summed E-state index contributed by atoms with van der Waals surface area (Å²) in [5, 5.41) is 16.1. The summed E-state index contributed by atoms with van der Waals surface area (Å²) in [7, 11) is 0. The molecule has 0 radical (unpaired) electrons. The van der Waals surface area contributed by atoms with Gasteiger partial charge in [0.15, 0.2) is 5.82 Å². The molecule has 1 rings (SSSR count). The summed E-state index contributed by atoms with van der Waals surface area (Å²) in [6, 6.07) is 1.58. The van der Waals surface area contributed by atoms with Crippen LogP contribution in [0.4, 0.5) is 5.82 Å². The van der Waals surface area contributed by atoms with Crippen molar-refractivity contribution >= 4 is 17.7 Å². The quantitative estimate of drug-likeness (QED) is 0.730. The van der Waals surface area contributed by atoms with E-state index in [-0.39, 0.29) is 25.2 Å². The summed E-state index contributed by atoms with van der Waals surface area (Å²) < 4.78 is 4.74. The Balaban J connectivity index is 2.27. The normalized spacial score (nSPS) is 9.93. The third-order valence-corrected chi connectivity index (χ3v) is 1.68. The molecule has 82 valence electrons. The van der Waals surface area contributed by atoms with Crippen LogP contribution in [0.25, 0.3) is 0 Å². The zero-order valence-electron chi connectivity index (χ0n) is 8.28. The van der Waals surface area contributed by atoms with Crippen LogP contribution in [0.1, 0.15) is 25.0 Å². The molecule has 15 heavy (non-hydrogen) atoms. The lowest BCUT2D eigenvalue weighted by atomic mass is 10.2. The summed E-state index contributed by atoms with van der Waals surface area (Å²) in [6.07, 6.45) is 0.260. The molecule has 0 saturated heterocycles. The molecule has 0 aliphatic heterocycles. The Morgan fingerprint density at radius 2 is 2.27 bits per heavy atom. The van der Waals surface area contributed by atoms with E-state index in [1.165, 1.54) is 0 Å². The summed E-state index contributed by atoms with van der Waals surface area (Å²) in [4.78, 5) is 21.3. The van der Waals surface area contributed by atoms with E-state index in [1.54, 1.807) is 13.0 Å². The third-order valence-electron chi connectivity index (χ3n) is 1.68. The van der Waals surface area contributed by atoms with Gasteiger partial charge < -0.3 is 19.7 Å². The second-order valence-electron chi connectivity index (χ2n) is 3.10. The fraction of sp³-hybridized carbons (Fsp3) is 0.444. The molecule has 1 aromatic heterocycles. The fourth-order valence-electron chi connectivity index (χ4n) is 1.02. The van der Waals surface area contributed by atoms with Crippen LogP contribution in [0.5, 0.6) is 0 Å². The number of hydrogen-bond donors (Lipinski definition) is 1. The molecule has 0 spiro atoms. The molecule has 6 heteroatoms. The van der Waals surface area contributed by atoms with Crippen LogP contribution in [-0.4, -0.2) is 17.0 Å². The van der Waals surface area contributed by atoms with Crippen LogP contribution in [0.2, 0.25) is 0 Å². The Kier molecular flexibility index (Phi) is 3.84. The van der Waals surface area contributed by atoms with Crippen molar-refractivity contribution in [1.82, 2.24) is 5.16 Å². The first kappa shape index (κ1) is 11.2. The highest BCUT2D eigenvalue weighted by Crippen LogP contribution is 2.07. The van der Waals surface area contributed by atoms with Gasteiger partial charge in [0.05, 0.1) is 0 Å². The highest BCUT2D eigenvalue weighted by molar-refractivity contribution is 5.89. The van der Waals surface area contributed by atoms with E-state index in [1.807, 2.05) is 0 Å². The molecule has 6 nitrogen and oxygen atoms in total. The van der Waals surface area contributed by atoms with Crippen LogP contribution in [0.15, 0.2) is 10.6 Å². The van der Waals surface area contributed by atoms with Crippen LogP contribution in [0, 0.1) is 6.92 Å². The van der Waals surface area contributed by atoms with Gasteiger partial charge in [0.2, 0.25) is 5.91 Å². The Hall–Kier alpha value is -1.85. The number of carboxylic acid groups (broad SMARTS) is 1. The number of aliphatic carboxylic acids is 1. The van der Waals surface area contributed by atoms with E-state index in [0.717, 1.165) is 0 Å². The van der Waals surface area contributed by atoms with E-state index in [9.17, 15) is 14.7 Å². The van der Waals surface area contributed by atoms with E-state index >= 15 is 0 Å². The van der Waals surface area contributed by atoms with Crippen LogP contribution in [-0.2, 0) is 9.59 Å². The molecule has 0 bridgehead atoms. The molecule has 1 N–H and O–H groups in total. The lowest BCUT2D eigenvalue weighted by molar-refractivity contribution is -0.305. The van der Waals surface area contributed by atoms with Gasteiger partial charge in [-0.2, -0.15) is 0 Å². The predicted octanol–water partition coefficient (Wildman–Crippen LogP) is -0.158. The van der Waals surface area contributed by atoms with Gasteiger partial charge in [-0.05, 0) is 19.8 Å². The van der Waals surface area contributed by atoms with Crippen molar-refractivity contribution in [2.24, 2.45) is 0 Å². The Bertz CT molecular complexity index is 359. The second-order valence-corrected chi connectivity index (χ2v) is 3.10. The average Bonchev–Trinajstić information content (AvgIpc) is 2.50. The van der Waals surface area contributed by atoms with Gasteiger partial charge in [0, 0.05) is 18.5 Å². The molecule has 1 aromatic rings. The minimum Gasteiger partial charge on any atom is -0.550 e. The van der Waals surface area contributed by atoms with Gasteiger partial charge in [0.1, 0.15) is 5.76 Å². The Morgan fingerprint density at radius 3 is 2.80 bits per heavy atom. The molecule has 1 heterocycles. The second kappa shape index (κ2) is 5.14. The zero-order chi connectivity index (χ0) is 11.3. The van der Waals surface area contributed by atoms with Crippen molar-refractivity contribution in [3.8, 4) is 0 Å². The van der Waals surface area contributed by atoms with Gasteiger partial charge in [-0.1, -0.05) is 5.16 Å². The van der Waals surface area contributed by atoms with Crippen molar-refractivity contribution in [2.75, 3.05) is 5.32 Å². The van der Waals surface area contributed by atoms with Crippen LogP contribution < -0.4 is 10.4 Å². The number of rotatable bonds is 5. The maximum absolute atomic E-state index is 11.2. The average molecular weight is 211 g/mol. The van der Waals surface area contributed by atoms with Crippen molar-refractivity contribution in [3.05, 3.63) is 11.8 Å². The molecule has 0 fully saturated rings. The first-order valence-electron chi connectivity index (χ1n) is 4.51. The molecular formula is C9H11N2O4-. The van der Waals surface area contributed by atoms with Crippen molar-refractivity contribution in [2.45, 2.75) is 26.2 Å². The maximum atomic E-state index is 11.2. The number of carbonyl (C=O) groups excluding carboxylic acids is 2. The zero-order valence-corrected chi connectivity index (χ0v) is 8.28. The smallest absolute Gasteiger partial charge is 0.225 e. The number of anilines is 1. The Labute approximate surface area is 86.3 Å². The van der Waals surface area contributed by atoms with Gasteiger partial charge >= 0.3 is 0 Å². The first-order chi connectivity index (χ1) is 7.08. The molecule has 0 aliphatic carbocycles. The third kappa shape index (κ3) is 4.26. The maximum Gasteiger partial charge on any atom is 0.225 e. The number of carbonyl (C=O) groups is 2. The largest absolute Gasteiger partial charge is 0.550 e. The van der Waals surface area contributed by atoms with Crippen molar-refractivity contribution in [3.63, 3.8) is 0 Å². The highest BCUT2D eigenvalue weighted by atomic mass is 16.5. The van der Waals surface area contributed by atoms with Gasteiger partial charge in [-0.15, -0.1) is 0 Å². The number of carboxylic acids is 1. The Morgan fingerprint density at radius 1 is 1.53 bits per heavy atom. The number of nitrogens with one attached hydrogen (secondary N) is 1. The van der Waals surface area contributed by atoms with Gasteiger partial charge in [-0.3, -0.25) is 4.79 Å². The first-order valence-corrected chi connectivity index (χ1v) is 4.51. The van der Waals surface area contributed by atoms with E-state index < -0.39 is 5.97 Å². The molecule has 1 amide bonds. The van der Waals surface area contributed by atoms with Crippen molar-refractivity contribution < 1.29 is 19.2 Å². The summed E-state index contributed by atoms with van der Waals surface area (Å²) in [5.41, 5.74) is 0. The number of aromatic nitrogens is 1. The minimum absolute atomic E-state index is 0.120. The topological polar surface area (TPSA) is 95.3 Å². The molecular weight excluding hydrogens is 200 g/mol. The van der Waals surface area contributed by atoms with Gasteiger partial charge in [0.25, 0.3) is 0 Å². The number of hydrogen-bond acceptors (Lipinski definition) is 5. The summed E-state index contributed by atoms with van der Waals surface area (Å²) in [5.74, 6) is -0.504. The monoisotopic (exact) mass is 211 g/mol. The lowest BCUT2D eigenvalue weighted by Gasteiger charge is -2.01. The molecule has 0 aliphatic rings. The highest BCUT2D eigenvalue weighted by Gasteiger charge is 2.05. The summed E-state index contributed by atoms with van der Waals surface area (Å²) in [6.45, 7) is 1.71. The fourth-order valence-corrected chi connectivity index (χ4v) is 1.02. The number of amides is 1. The van der Waals surface area contributed by atoms with E-state index in [2.05, 4.69) is 10.5 Å². The predicted molar refractivity (Wildman–Crippen MR) is 48.7 cm³/mol. The van der Waals surface area contributed by atoms with E-state index in [0.29, 0.717) is 11.6 Å². The van der Waals surface area contributed by atoms with Gasteiger partial charge in [-0.25, -0.2) is 0 Å². The minimum atomic E-state index is -1.15. The molecule has 0 aromatic carbocycles. The SMILES string of the molecule is Cc1cc(NC(=O)CCCC(=O)[O-])no1. The molecule has 0 saturated carbocycles. The summed E-state index contributed by atoms with van der Waals surface area (Å²) >= 11 is 0. The standard InChI is InChI=1S/C9H12N2O4/c1-6-5-7(11-15-6)10-8(12)3-2-4-9(13)14/h5H,2-4H2,1H3,(H,13,14)(H,10,11,12)/p-1. The van der Waals surface area contributed by atoms with Crippen molar-refractivity contribution in [1.29, 1.82) is 0 Å².